The summed E-state index contributed by atoms with van der Waals surface area (Å²) < 4.78 is 41.6. The molecule has 0 saturated carbocycles. The maximum absolute atomic E-state index is 12.1. The number of aryl methyl sites for hydroxylation is 1. The van der Waals surface area contributed by atoms with Crippen molar-refractivity contribution in [1.82, 2.24) is 9.78 Å². The van der Waals surface area contributed by atoms with Gasteiger partial charge in [0.25, 0.3) is 0 Å². The zero-order chi connectivity index (χ0) is 14.9. The second kappa shape index (κ2) is 5.07. The number of anilines is 1. The Morgan fingerprint density at radius 2 is 1.85 bits per heavy atom. The normalized spacial score (nSPS) is 11.7. The fraction of sp³-hybridized carbons (Fsp3) is 0.308. The monoisotopic (exact) mass is 285 g/mol. The molecular formula is C13H14F3N3O. The number of aromatic nitrogens is 2. The number of halogens is 3. The summed E-state index contributed by atoms with van der Waals surface area (Å²) in [5.74, 6) is 0.293. The number of benzene rings is 1. The molecule has 2 rings (SSSR count). The highest BCUT2D eigenvalue weighted by molar-refractivity contribution is 5.68. The van der Waals surface area contributed by atoms with E-state index in [1.807, 2.05) is 6.92 Å². The first-order chi connectivity index (χ1) is 9.31. The van der Waals surface area contributed by atoms with Gasteiger partial charge in [-0.1, -0.05) is 6.92 Å². The summed E-state index contributed by atoms with van der Waals surface area (Å²) in [7, 11) is 1.72. The summed E-state index contributed by atoms with van der Waals surface area (Å²) >= 11 is 0. The maximum atomic E-state index is 12.1. The van der Waals surface area contributed by atoms with E-state index in [0.717, 1.165) is 5.56 Å². The van der Waals surface area contributed by atoms with Crippen LogP contribution in [-0.4, -0.2) is 16.1 Å². The molecule has 0 radical (unpaired) electrons. The van der Waals surface area contributed by atoms with E-state index in [1.54, 1.807) is 11.7 Å². The SMILES string of the molecule is CCc1c(-c2ccc(OC(F)(F)F)cc2)nn(C)c1N. The number of ether oxygens (including phenoxy) is 1. The first kappa shape index (κ1) is 14.2. The van der Waals surface area contributed by atoms with Crippen LogP contribution in [0.3, 0.4) is 0 Å². The smallest absolute Gasteiger partial charge is 0.406 e. The summed E-state index contributed by atoms with van der Waals surface area (Å²) in [5, 5.41) is 4.28. The molecule has 0 bridgehead atoms. The van der Waals surface area contributed by atoms with Crippen molar-refractivity contribution in [3.63, 3.8) is 0 Å². The van der Waals surface area contributed by atoms with Crippen LogP contribution >= 0.6 is 0 Å². The number of nitrogen functional groups attached to an aromatic ring is 1. The van der Waals surface area contributed by atoms with Crippen LogP contribution < -0.4 is 10.5 Å². The van der Waals surface area contributed by atoms with Crippen LogP contribution in [-0.2, 0) is 13.5 Å². The van der Waals surface area contributed by atoms with E-state index >= 15 is 0 Å². The molecule has 1 aromatic carbocycles. The number of nitrogens with zero attached hydrogens (tertiary/aromatic N) is 2. The molecule has 0 aliphatic heterocycles. The molecule has 1 heterocycles. The van der Waals surface area contributed by atoms with Crippen molar-refractivity contribution in [3.05, 3.63) is 29.8 Å². The van der Waals surface area contributed by atoms with Gasteiger partial charge in [-0.05, 0) is 30.7 Å². The summed E-state index contributed by atoms with van der Waals surface area (Å²) in [4.78, 5) is 0. The standard InChI is InChI=1S/C13H14F3N3O/c1-3-10-11(18-19(2)12(10)17)8-4-6-9(7-5-8)20-13(14,15)16/h4-7H,3,17H2,1-2H3. The predicted molar refractivity (Wildman–Crippen MR) is 69.1 cm³/mol. The van der Waals surface area contributed by atoms with Crippen molar-refractivity contribution in [3.8, 4) is 17.0 Å². The topological polar surface area (TPSA) is 53.1 Å². The third-order valence-corrected chi connectivity index (χ3v) is 2.91. The van der Waals surface area contributed by atoms with E-state index in [0.29, 0.717) is 23.5 Å². The number of rotatable bonds is 3. The van der Waals surface area contributed by atoms with Gasteiger partial charge in [0, 0.05) is 18.2 Å². The highest BCUT2D eigenvalue weighted by Crippen LogP contribution is 2.30. The number of hydrogen-bond acceptors (Lipinski definition) is 3. The van der Waals surface area contributed by atoms with Crippen molar-refractivity contribution >= 4 is 5.82 Å². The predicted octanol–water partition coefficient (Wildman–Crippen LogP) is 3.13. The fourth-order valence-corrected chi connectivity index (χ4v) is 1.98. The summed E-state index contributed by atoms with van der Waals surface area (Å²) in [5.41, 5.74) is 8.13. The van der Waals surface area contributed by atoms with Crippen molar-refractivity contribution in [1.29, 1.82) is 0 Å². The van der Waals surface area contributed by atoms with Gasteiger partial charge in [0.05, 0.1) is 5.69 Å². The third-order valence-electron chi connectivity index (χ3n) is 2.91. The number of nitrogens with two attached hydrogens (primary N) is 1. The van der Waals surface area contributed by atoms with Crippen LogP contribution in [0, 0.1) is 0 Å². The Labute approximate surface area is 114 Å². The zero-order valence-corrected chi connectivity index (χ0v) is 11.0. The van der Waals surface area contributed by atoms with Gasteiger partial charge in [0.15, 0.2) is 0 Å². The van der Waals surface area contributed by atoms with Gasteiger partial charge in [-0.25, -0.2) is 0 Å². The van der Waals surface area contributed by atoms with Crippen LogP contribution in [0.15, 0.2) is 24.3 Å². The lowest BCUT2D eigenvalue weighted by atomic mass is 10.1. The Hall–Kier alpha value is -2.18. The van der Waals surface area contributed by atoms with Crippen molar-refractivity contribution in [2.24, 2.45) is 7.05 Å². The molecule has 4 nitrogen and oxygen atoms in total. The lowest BCUT2D eigenvalue weighted by Crippen LogP contribution is -2.16. The summed E-state index contributed by atoms with van der Waals surface area (Å²) in [6.07, 6.45) is -4.00. The van der Waals surface area contributed by atoms with E-state index < -0.39 is 6.36 Å². The molecule has 0 saturated heterocycles. The Kier molecular flexibility index (Phi) is 3.61. The number of alkyl halides is 3. The van der Waals surface area contributed by atoms with Gasteiger partial charge in [0.1, 0.15) is 11.6 Å². The van der Waals surface area contributed by atoms with Crippen LogP contribution in [0.2, 0.25) is 0 Å². The van der Waals surface area contributed by atoms with Crippen molar-refractivity contribution < 1.29 is 17.9 Å². The minimum atomic E-state index is -4.69. The molecule has 0 spiro atoms. The average Bonchev–Trinajstić information content (AvgIpc) is 2.64. The van der Waals surface area contributed by atoms with Crippen LogP contribution in [0.25, 0.3) is 11.3 Å². The van der Waals surface area contributed by atoms with E-state index in [1.165, 1.54) is 24.3 Å². The Morgan fingerprint density at radius 1 is 1.25 bits per heavy atom. The molecule has 7 heteroatoms. The van der Waals surface area contributed by atoms with Crippen LogP contribution in [0.1, 0.15) is 12.5 Å². The van der Waals surface area contributed by atoms with E-state index in [2.05, 4.69) is 9.84 Å². The van der Waals surface area contributed by atoms with Crippen LogP contribution in [0.4, 0.5) is 19.0 Å². The third kappa shape index (κ3) is 2.87. The Bertz CT molecular complexity index is 603. The molecule has 0 fully saturated rings. The Morgan fingerprint density at radius 3 is 2.35 bits per heavy atom. The molecule has 2 N–H and O–H groups in total. The van der Waals surface area contributed by atoms with Crippen LogP contribution in [0.5, 0.6) is 5.75 Å². The molecule has 0 aliphatic rings. The molecule has 0 unspecified atom stereocenters. The highest BCUT2D eigenvalue weighted by atomic mass is 19.4. The van der Waals surface area contributed by atoms with Gasteiger partial charge < -0.3 is 10.5 Å². The van der Waals surface area contributed by atoms with Gasteiger partial charge in [-0.15, -0.1) is 13.2 Å². The molecule has 0 amide bonds. The van der Waals surface area contributed by atoms with E-state index in [9.17, 15) is 13.2 Å². The summed E-state index contributed by atoms with van der Waals surface area (Å²) in [6, 6.07) is 5.57. The van der Waals surface area contributed by atoms with E-state index in [-0.39, 0.29) is 5.75 Å². The zero-order valence-electron chi connectivity index (χ0n) is 11.0. The second-order valence-electron chi connectivity index (χ2n) is 4.26. The van der Waals surface area contributed by atoms with Gasteiger partial charge in [0.2, 0.25) is 0 Å². The van der Waals surface area contributed by atoms with Gasteiger partial charge in [-0.3, -0.25) is 4.68 Å². The van der Waals surface area contributed by atoms with Gasteiger partial charge >= 0.3 is 6.36 Å². The average molecular weight is 285 g/mol. The second-order valence-corrected chi connectivity index (χ2v) is 4.26. The molecular weight excluding hydrogens is 271 g/mol. The minimum absolute atomic E-state index is 0.261. The minimum Gasteiger partial charge on any atom is -0.406 e. The molecule has 1 aromatic heterocycles. The fourth-order valence-electron chi connectivity index (χ4n) is 1.98. The molecule has 0 atom stereocenters. The van der Waals surface area contributed by atoms with Crippen molar-refractivity contribution in [2.45, 2.75) is 19.7 Å². The molecule has 20 heavy (non-hydrogen) atoms. The molecule has 108 valence electrons. The molecule has 0 aliphatic carbocycles. The Balaban J connectivity index is 2.33. The molecule has 2 aromatic rings. The van der Waals surface area contributed by atoms with Gasteiger partial charge in [-0.2, -0.15) is 5.10 Å². The van der Waals surface area contributed by atoms with Crippen molar-refractivity contribution in [2.75, 3.05) is 5.73 Å². The lowest BCUT2D eigenvalue weighted by molar-refractivity contribution is -0.274. The lowest BCUT2D eigenvalue weighted by Gasteiger charge is -2.09. The maximum Gasteiger partial charge on any atom is 0.573 e. The largest absolute Gasteiger partial charge is 0.573 e. The van der Waals surface area contributed by atoms with E-state index in [4.69, 9.17) is 5.73 Å². The highest BCUT2D eigenvalue weighted by Gasteiger charge is 2.31. The quantitative estimate of drug-likeness (QED) is 0.942. The first-order valence-electron chi connectivity index (χ1n) is 5.99. The first-order valence-corrected chi connectivity index (χ1v) is 5.99. The number of hydrogen-bond donors (Lipinski definition) is 1. The summed E-state index contributed by atoms with van der Waals surface area (Å²) in [6.45, 7) is 1.94.